The normalized spacial score (nSPS) is 5.67. The minimum absolute atomic E-state index is 0. The summed E-state index contributed by atoms with van der Waals surface area (Å²) >= 11 is 0. The van der Waals surface area contributed by atoms with Gasteiger partial charge in [-0.1, -0.05) is 5.16 Å². The minimum atomic E-state index is 0. The van der Waals surface area contributed by atoms with E-state index in [1.165, 1.54) is 0 Å². The van der Waals surface area contributed by atoms with E-state index in [1.54, 1.807) is 13.8 Å². The maximum Gasteiger partial charge on any atom is 0.0509 e. The molecule has 6 heavy (non-hydrogen) atoms. The van der Waals surface area contributed by atoms with Crippen LogP contribution in [0.5, 0.6) is 0 Å². The van der Waals surface area contributed by atoms with E-state index >= 15 is 0 Å². The van der Waals surface area contributed by atoms with Crippen LogP contribution in [-0.4, -0.2) is 21.9 Å². The average Bonchev–Trinajstić information content (AvgIpc) is 1.38. The van der Waals surface area contributed by atoms with E-state index < -0.39 is 0 Å². The molecule has 0 aliphatic heterocycles. The molecular weight excluding hydrogens is 94.1 g/mol. The van der Waals surface area contributed by atoms with Gasteiger partial charge in [0.2, 0.25) is 0 Å². The smallest absolute Gasteiger partial charge is 0.0509 e. The van der Waals surface area contributed by atoms with Gasteiger partial charge in [-0.25, -0.2) is 0 Å². The van der Waals surface area contributed by atoms with Gasteiger partial charge >= 0.3 is 0 Å². The third kappa shape index (κ3) is 9.35. The molecule has 0 aromatic carbocycles. The Morgan fingerprint density at radius 3 is 1.67 bits per heavy atom. The first-order valence-corrected chi connectivity index (χ1v) is 1.42. The van der Waals surface area contributed by atoms with E-state index in [0.717, 1.165) is 0 Å². The molecule has 1 N–H and O–H groups in total. The summed E-state index contributed by atoms with van der Waals surface area (Å²) in [5, 5.41) is 10.5. The predicted molar refractivity (Wildman–Crippen MR) is 31.9 cm³/mol. The van der Waals surface area contributed by atoms with Crippen molar-refractivity contribution >= 4 is 16.7 Å². The zero-order valence-corrected chi connectivity index (χ0v) is 3.39. The molecule has 0 radical (unpaired) electrons. The predicted octanol–water partition coefficient (Wildman–Crippen LogP) is -0.595. The zero-order valence-electron chi connectivity index (χ0n) is 3.39. The second-order valence-corrected chi connectivity index (χ2v) is 1.05. The van der Waals surface area contributed by atoms with E-state index in [9.17, 15) is 0 Å². The van der Waals surface area contributed by atoms with Crippen molar-refractivity contribution in [2.75, 3.05) is 0 Å². The van der Waals surface area contributed by atoms with Crippen molar-refractivity contribution < 1.29 is 5.21 Å². The van der Waals surface area contributed by atoms with Gasteiger partial charge in [-0.3, -0.25) is 0 Å². The van der Waals surface area contributed by atoms with Crippen molar-refractivity contribution in [3.05, 3.63) is 0 Å². The van der Waals surface area contributed by atoms with Gasteiger partial charge in [0.25, 0.3) is 0 Å². The topological polar surface area (TPSA) is 32.6 Å². The van der Waals surface area contributed by atoms with Crippen LogP contribution in [0.2, 0.25) is 0 Å². The summed E-state index contributed by atoms with van der Waals surface area (Å²) in [7, 11) is 0. The average molecular weight is 105 g/mol. The van der Waals surface area contributed by atoms with Gasteiger partial charge in [0.15, 0.2) is 0 Å². The summed E-state index contributed by atoms with van der Waals surface area (Å²) < 4.78 is 0. The largest absolute Gasteiger partial charge is 0.411 e. The Morgan fingerprint density at radius 1 is 1.50 bits per heavy atom. The number of nitrogens with zero attached hydrogens (tertiary/aromatic N) is 1. The van der Waals surface area contributed by atoms with Crippen LogP contribution in [0.1, 0.15) is 13.8 Å². The molecule has 0 spiro atoms. The fourth-order valence-corrected chi connectivity index (χ4v) is 0. The van der Waals surface area contributed by atoms with E-state index in [0.29, 0.717) is 5.71 Å². The number of rotatable bonds is 0. The van der Waals surface area contributed by atoms with Crippen LogP contribution in [0.4, 0.5) is 0 Å². The van der Waals surface area contributed by atoms with Gasteiger partial charge < -0.3 is 5.21 Å². The molecule has 0 bridgehead atoms. The first-order chi connectivity index (χ1) is 2.27. The van der Waals surface area contributed by atoms with Crippen molar-refractivity contribution in [1.29, 1.82) is 0 Å². The summed E-state index contributed by atoms with van der Waals surface area (Å²) in [5.74, 6) is 0. The lowest BCUT2D eigenvalue weighted by atomic mass is 10.5. The highest BCUT2D eigenvalue weighted by Gasteiger charge is 1.65. The van der Waals surface area contributed by atoms with Crippen LogP contribution in [0.3, 0.4) is 0 Å². The van der Waals surface area contributed by atoms with E-state index in [4.69, 9.17) is 5.21 Å². The lowest BCUT2D eigenvalue weighted by molar-refractivity contribution is 0.318. The molecule has 0 saturated carbocycles. The Labute approximate surface area is 41.9 Å². The first-order valence-electron chi connectivity index (χ1n) is 1.42. The van der Waals surface area contributed by atoms with Crippen molar-refractivity contribution in [2.45, 2.75) is 13.8 Å². The van der Waals surface area contributed by atoms with E-state index in [1.807, 2.05) is 0 Å². The number of hydrogen-bond acceptors (Lipinski definition) is 2. The molecule has 0 unspecified atom stereocenters. The highest BCUT2D eigenvalue weighted by molar-refractivity contribution is 5.78. The second kappa shape index (κ2) is 4.69. The lowest BCUT2D eigenvalue weighted by Gasteiger charge is -1.72. The Morgan fingerprint density at radius 2 is 1.67 bits per heavy atom. The van der Waals surface area contributed by atoms with Gasteiger partial charge in [-0.05, 0) is 24.8 Å². The highest BCUT2D eigenvalue weighted by atomic mass is 28.1. The minimum Gasteiger partial charge on any atom is -0.411 e. The fourth-order valence-electron chi connectivity index (χ4n) is 0. The van der Waals surface area contributed by atoms with Gasteiger partial charge in [0.05, 0.1) is 5.71 Å². The third-order valence-electron chi connectivity index (χ3n) is 0.200. The molecule has 0 aliphatic rings. The Balaban J connectivity index is 0. The maximum atomic E-state index is 7.73. The summed E-state index contributed by atoms with van der Waals surface area (Å²) in [6.45, 7) is 3.44. The Bertz CT molecular complexity index is 48.8. The van der Waals surface area contributed by atoms with Gasteiger partial charge in [-0.15, -0.1) is 0 Å². The summed E-state index contributed by atoms with van der Waals surface area (Å²) in [4.78, 5) is 0. The van der Waals surface area contributed by atoms with Crippen molar-refractivity contribution in [3.63, 3.8) is 0 Å². The third-order valence-corrected chi connectivity index (χ3v) is 0.200. The maximum absolute atomic E-state index is 7.73. The summed E-state index contributed by atoms with van der Waals surface area (Å²) in [6, 6.07) is 0. The molecule has 0 fully saturated rings. The Hall–Kier alpha value is -0.313. The molecule has 0 aromatic rings. The lowest BCUT2D eigenvalue weighted by Crippen LogP contribution is -1.74. The quantitative estimate of drug-likeness (QED) is 0.190. The molecule has 38 valence electrons. The standard InChI is InChI=1S/C3H7NO.H4Si/c1-3(2)4-5;/h5H,1-2H3;1H4. The molecule has 0 atom stereocenters. The van der Waals surface area contributed by atoms with Gasteiger partial charge in [0.1, 0.15) is 0 Å². The Kier molecular flexibility index (Phi) is 7.18. The molecule has 0 rings (SSSR count). The molecule has 2 nitrogen and oxygen atoms in total. The SMILES string of the molecule is CC(C)=NO.[SiH4]. The fraction of sp³-hybridized carbons (Fsp3) is 0.667. The van der Waals surface area contributed by atoms with Crippen LogP contribution >= 0.6 is 0 Å². The molecule has 0 saturated heterocycles. The zero-order chi connectivity index (χ0) is 4.28. The van der Waals surface area contributed by atoms with Gasteiger partial charge in [0, 0.05) is 0 Å². The first kappa shape index (κ1) is 9.19. The number of hydrogen-bond donors (Lipinski definition) is 1. The molecule has 0 heterocycles. The highest BCUT2D eigenvalue weighted by Crippen LogP contribution is 1.62. The van der Waals surface area contributed by atoms with E-state index in [2.05, 4.69) is 5.16 Å². The van der Waals surface area contributed by atoms with Crippen LogP contribution in [0, 0.1) is 0 Å². The number of oxime groups is 1. The van der Waals surface area contributed by atoms with Crippen LogP contribution in [-0.2, 0) is 0 Å². The van der Waals surface area contributed by atoms with Crippen molar-refractivity contribution in [2.24, 2.45) is 5.16 Å². The van der Waals surface area contributed by atoms with Crippen LogP contribution < -0.4 is 0 Å². The van der Waals surface area contributed by atoms with Crippen LogP contribution in [0.25, 0.3) is 0 Å². The summed E-state index contributed by atoms with van der Waals surface area (Å²) in [5.41, 5.74) is 0.685. The van der Waals surface area contributed by atoms with Crippen molar-refractivity contribution in [1.82, 2.24) is 0 Å². The van der Waals surface area contributed by atoms with E-state index in [-0.39, 0.29) is 11.0 Å². The monoisotopic (exact) mass is 105 g/mol. The molecule has 0 aromatic heterocycles. The summed E-state index contributed by atoms with van der Waals surface area (Å²) in [6.07, 6.45) is 0. The van der Waals surface area contributed by atoms with Crippen LogP contribution in [0.15, 0.2) is 5.16 Å². The molecule has 3 heteroatoms. The molecule has 0 aliphatic carbocycles. The van der Waals surface area contributed by atoms with Gasteiger partial charge in [-0.2, -0.15) is 0 Å². The molecular formula is C3H11NOSi. The molecule has 0 amide bonds. The second-order valence-electron chi connectivity index (χ2n) is 1.05. The van der Waals surface area contributed by atoms with Crippen molar-refractivity contribution in [3.8, 4) is 0 Å².